The van der Waals surface area contributed by atoms with Crippen LogP contribution in [0.4, 0.5) is 10.5 Å². The lowest BCUT2D eigenvalue weighted by atomic mass is 10.3. The Bertz CT molecular complexity index is 546. The van der Waals surface area contributed by atoms with Gasteiger partial charge in [-0.3, -0.25) is 5.41 Å². The first-order valence-corrected chi connectivity index (χ1v) is 6.61. The zero-order valence-electron chi connectivity index (χ0n) is 9.15. The van der Waals surface area contributed by atoms with E-state index in [1.54, 1.807) is 12.1 Å². The van der Waals surface area contributed by atoms with Crippen molar-refractivity contribution in [2.75, 3.05) is 18.0 Å². The Kier molecular flexibility index (Phi) is 3.68. The molecule has 0 aromatic heterocycles. The lowest BCUT2D eigenvalue weighted by Gasteiger charge is -2.16. The molecule has 1 saturated heterocycles. The molecule has 2 rings (SSSR count). The fourth-order valence-electron chi connectivity index (χ4n) is 1.72. The summed E-state index contributed by atoms with van der Waals surface area (Å²) in [6.07, 6.45) is 0. The number of hydrogen-bond donors (Lipinski definition) is 1. The summed E-state index contributed by atoms with van der Waals surface area (Å²) in [6.45, 7) is 0.156. The molecule has 1 heterocycles. The molecular weight excluding hydrogens is 364 g/mol. The molecule has 92 valence electrons. The summed E-state index contributed by atoms with van der Waals surface area (Å²) in [6, 6.07) is 6.94. The molecule has 0 saturated carbocycles. The molecule has 1 aromatic carbocycles. The van der Waals surface area contributed by atoms with Crippen LogP contribution in [0.15, 0.2) is 27.1 Å². The molecular formula is C11H8Br2N4O. The lowest BCUT2D eigenvalue weighted by molar-refractivity contribution is 0.225. The number of halogens is 2. The maximum absolute atomic E-state index is 12.1. The molecule has 0 bridgehead atoms. The van der Waals surface area contributed by atoms with Crippen LogP contribution < -0.4 is 4.90 Å². The standard InChI is InChI=1S/C11H8Br2N4O/c12-7-3-8(13)5-9(4-7)17-10(15)6-16(2-1-14)11(17)18/h3-5,15H,2,6H2. The topological polar surface area (TPSA) is 71.2 Å². The molecule has 18 heavy (non-hydrogen) atoms. The SMILES string of the molecule is N#CCN1CC(=N)N(c2cc(Br)cc(Br)c2)C1=O. The summed E-state index contributed by atoms with van der Waals surface area (Å²) >= 11 is 6.68. The molecule has 2 amide bonds. The van der Waals surface area contributed by atoms with E-state index < -0.39 is 0 Å². The molecule has 1 fully saturated rings. The largest absolute Gasteiger partial charge is 0.331 e. The third kappa shape index (κ3) is 2.40. The lowest BCUT2D eigenvalue weighted by Crippen LogP contribution is -2.33. The number of amidine groups is 1. The zero-order chi connectivity index (χ0) is 13.3. The van der Waals surface area contributed by atoms with Crippen LogP contribution in [0.25, 0.3) is 0 Å². The summed E-state index contributed by atoms with van der Waals surface area (Å²) in [5.74, 6) is 0.167. The number of nitriles is 1. The van der Waals surface area contributed by atoms with Crippen LogP contribution in [-0.2, 0) is 0 Å². The number of anilines is 1. The quantitative estimate of drug-likeness (QED) is 0.811. The van der Waals surface area contributed by atoms with E-state index in [1.807, 2.05) is 12.1 Å². The summed E-state index contributed by atoms with van der Waals surface area (Å²) in [5.41, 5.74) is 0.603. The number of carbonyl (C=O) groups excluding carboxylic acids is 1. The Morgan fingerprint density at radius 2 is 1.94 bits per heavy atom. The van der Waals surface area contributed by atoms with E-state index in [4.69, 9.17) is 10.7 Å². The Balaban J connectivity index is 2.36. The van der Waals surface area contributed by atoms with Gasteiger partial charge in [0, 0.05) is 8.95 Å². The van der Waals surface area contributed by atoms with Crippen molar-refractivity contribution in [1.82, 2.24) is 4.90 Å². The molecule has 5 nitrogen and oxygen atoms in total. The van der Waals surface area contributed by atoms with Crippen LogP contribution in [-0.4, -0.2) is 29.9 Å². The van der Waals surface area contributed by atoms with E-state index in [1.165, 1.54) is 9.80 Å². The van der Waals surface area contributed by atoms with Crippen LogP contribution in [0.5, 0.6) is 0 Å². The van der Waals surface area contributed by atoms with Crippen LogP contribution in [0.2, 0.25) is 0 Å². The van der Waals surface area contributed by atoms with E-state index in [0.29, 0.717) is 5.69 Å². The second-order valence-electron chi connectivity index (χ2n) is 3.71. The molecule has 1 aliphatic heterocycles. The second kappa shape index (κ2) is 5.08. The molecule has 0 aliphatic carbocycles. The number of nitrogens with zero attached hydrogens (tertiary/aromatic N) is 3. The maximum atomic E-state index is 12.1. The van der Waals surface area contributed by atoms with Crippen molar-refractivity contribution in [2.45, 2.75) is 0 Å². The van der Waals surface area contributed by atoms with Gasteiger partial charge in [-0.25, -0.2) is 9.69 Å². The number of amides is 2. The normalized spacial score (nSPS) is 15.2. The highest BCUT2D eigenvalue weighted by Crippen LogP contribution is 2.28. The Morgan fingerprint density at radius 3 is 2.50 bits per heavy atom. The molecule has 0 unspecified atom stereocenters. The first kappa shape index (κ1) is 13.1. The predicted octanol–water partition coefficient (Wildman–Crippen LogP) is 2.95. The second-order valence-corrected chi connectivity index (χ2v) is 5.54. The van der Waals surface area contributed by atoms with Gasteiger partial charge >= 0.3 is 6.03 Å². The van der Waals surface area contributed by atoms with Gasteiger partial charge in [-0.2, -0.15) is 5.26 Å². The summed E-state index contributed by atoms with van der Waals surface area (Å²) in [4.78, 5) is 14.7. The average Bonchev–Trinajstić information content (AvgIpc) is 2.53. The number of carbonyl (C=O) groups is 1. The van der Waals surface area contributed by atoms with Crippen LogP contribution in [0.1, 0.15) is 0 Å². The van der Waals surface area contributed by atoms with Crippen molar-refractivity contribution in [2.24, 2.45) is 0 Å². The minimum Gasteiger partial charge on any atom is -0.303 e. The minimum atomic E-state index is -0.341. The number of hydrogen-bond acceptors (Lipinski definition) is 3. The van der Waals surface area contributed by atoms with Crippen molar-refractivity contribution in [1.29, 1.82) is 10.7 Å². The van der Waals surface area contributed by atoms with Crippen molar-refractivity contribution in [3.8, 4) is 6.07 Å². The molecule has 7 heteroatoms. The summed E-state index contributed by atoms with van der Waals surface area (Å²) in [5, 5.41) is 16.5. The van der Waals surface area contributed by atoms with Gasteiger partial charge in [-0.1, -0.05) is 31.9 Å². The van der Waals surface area contributed by atoms with Gasteiger partial charge in [-0.05, 0) is 18.2 Å². The van der Waals surface area contributed by atoms with Crippen LogP contribution in [0, 0.1) is 16.7 Å². The Hall–Kier alpha value is -1.39. The Labute approximate surface area is 121 Å². The average molecular weight is 372 g/mol. The molecule has 0 atom stereocenters. The van der Waals surface area contributed by atoms with E-state index in [2.05, 4.69) is 31.9 Å². The maximum Gasteiger partial charge on any atom is 0.331 e. The molecule has 1 aromatic rings. The van der Waals surface area contributed by atoms with E-state index in [-0.39, 0.29) is 25.0 Å². The fourth-order valence-corrected chi connectivity index (χ4v) is 2.99. The van der Waals surface area contributed by atoms with Crippen molar-refractivity contribution < 1.29 is 4.79 Å². The number of urea groups is 1. The molecule has 0 spiro atoms. The van der Waals surface area contributed by atoms with Gasteiger partial charge in [0.05, 0.1) is 18.3 Å². The monoisotopic (exact) mass is 370 g/mol. The van der Waals surface area contributed by atoms with Gasteiger partial charge < -0.3 is 4.90 Å². The van der Waals surface area contributed by atoms with Gasteiger partial charge in [0.1, 0.15) is 12.4 Å². The smallest absolute Gasteiger partial charge is 0.303 e. The van der Waals surface area contributed by atoms with Gasteiger partial charge in [0.15, 0.2) is 0 Å². The number of nitrogens with one attached hydrogen (secondary N) is 1. The highest BCUT2D eigenvalue weighted by Gasteiger charge is 2.34. The Morgan fingerprint density at radius 1 is 1.33 bits per heavy atom. The van der Waals surface area contributed by atoms with E-state index in [9.17, 15) is 4.79 Å². The third-order valence-electron chi connectivity index (χ3n) is 2.44. The van der Waals surface area contributed by atoms with Crippen molar-refractivity contribution >= 4 is 49.4 Å². The number of benzene rings is 1. The summed E-state index contributed by atoms with van der Waals surface area (Å²) < 4.78 is 1.62. The first-order valence-electron chi connectivity index (χ1n) is 5.02. The van der Waals surface area contributed by atoms with E-state index in [0.717, 1.165) is 8.95 Å². The van der Waals surface area contributed by atoms with Crippen molar-refractivity contribution in [3.05, 3.63) is 27.1 Å². The van der Waals surface area contributed by atoms with Crippen LogP contribution >= 0.6 is 31.9 Å². The van der Waals surface area contributed by atoms with Gasteiger partial charge in [0.2, 0.25) is 0 Å². The van der Waals surface area contributed by atoms with Crippen molar-refractivity contribution in [3.63, 3.8) is 0 Å². The van der Waals surface area contributed by atoms with E-state index >= 15 is 0 Å². The zero-order valence-corrected chi connectivity index (χ0v) is 12.3. The minimum absolute atomic E-state index is 0.00706. The van der Waals surface area contributed by atoms with Crippen LogP contribution in [0.3, 0.4) is 0 Å². The molecule has 1 aliphatic rings. The first-order chi connectivity index (χ1) is 8.52. The predicted molar refractivity (Wildman–Crippen MR) is 74.6 cm³/mol. The third-order valence-corrected chi connectivity index (χ3v) is 3.36. The highest BCUT2D eigenvalue weighted by atomic mass is 79.9. The highest BCUT2D eigenvalue weighted by molar-refractivity contribution is 9.11. The molecule has 0 radical (unpaired) electrons. The van der Waals surface area contributed by atoms with Gasteiger partial charge in [-0.15, -0.1) is 0 Å². The number of rotatable bonds is 2. The molecule has 1 N–H and O–H groups in total. The van der Waals surface area contributed by atoms with Gasteiger partial charge in [0.25, 0.3) is 0 Å². The summed E-state index contributed by atoms with van der Waals surface area (Å²) in [7, 11) is 0. The fraction of sp³-hybridized carbons (Fsp3) is 0.182.